The highest BCUT2D eigenvalue weighted by Crippen LogP contribution is 2.39. The number of rotatable bonds is 14. The SMILES string of the molecule is CCOCCCO[C@@H](c1cccc(Cl)c1Cl)[C@@H]1CCCN(C(=O)C[C@H](CNC)CC2CCCC2)C1. The van der Waals surface area contributed by atoms with Gasteiger partial charge in [0.25, 0.3) is 0 Å². The van der Waals surface area contributed by atoms with Crippen LogP contribution < -0.4 is 5.32 Å². The van der Waals surface area contributed by atoms with E-state index in [0.29, 0.717) is 48.7 Å². The minimum Gasteiger partial charge on any atom is -0.382 e. The number of ether oxygens (including phenoxy) is 2. The first-order valence-electron chi connectivity index (χ1n) is 13.6. The van der Waals surface area contributed by atoms with Crippen LogP contribution in [0.4, 0.5) is 0 Å². The van der Waals surface area contributed by atoms with Crippen molar-refractivity contribution in [2.24, 2.45) is 17.8 Å². The molecule has 0 radical (unpaired) electrons. The van der Waals surface area contributed by atoms with Crippen molar-refractivity contribution in [1.29, 1.82) is 0 Å². The van der Waals surface area contributed by atoms with E-state index >= 15 is 0 Å². The molecule has 1 aliphatic carbocycles. The third-order valence-corrected chi connectivity index (χ3v) is 8.39. The minimum atomic E-state index is -0.190. The largest absolute Gasteiger partial charge is 0.382 e. The van der Waals surface area contributed by atoms with Gasteiger partial charge in [-0.05, 0) is 64.1 Å². The van der Waals surface area contributed by atoms with Crippen LogP contribution in [0.2, 0.25) is 10.0 Å². The maximum Gasteiger partial charge on any atom is 0.222 e. The van der Waals surface area contributed by atoms with Gasteiger partial charge < -0.3 is 19.7 Å². The number of likely N-dealkylation sites (tertiary alicyclic amines) is 1. The average Bonchev–Trinajstić information content (AvgIpc) is 3.37. The van der Waals surface area contributed by atoms with Crippen molar-refractivity contribution >= 4 is 29.1 Å². The van der Waals surface area contributed by atoms with Crippen molar-refractivity contribution < 1.29 is 14.3 Å². The van der Waals surface area contributed by atoms with Gasteiger partial charge in [0.2, 0.25) is 5.91 Å². The molecular weight excluding hydrogens is 483 g/mol. The van der Waals surface area contributed by atoms with Crippen molar-refractivity contribution in [3.05, 3.63) is 33.8 Å². The predicted molar refractivity (Wildman–Crippen MR) is 144 cm³/mol. The molecule has 35 heavy (non-hydrogen) atoms. The Labute approximate surface area is 222 Å². The molecule has 2 aliphatic rings. The highest BCUT2D eigenvalue weighted by atomic mass is 35.5. The molecule has 1 saturated carbocycles. The van der Waals surface area contributed by atoms with E-state index in [9.17, 15) is 4.79 Å². The lowest BCUT2D eigenvalue weighted by atomic mass is 9.87. The molecule has 0 bridgehead atoms. The summed E-state index contributed by atoms with van der Waals surface area (Å²) in [5.41, 5.74) is 0.921. The summed E-state index contributed by atoms with van der Waals surface area (Å²) in [7, 11) is 1.99. The molecule has 1 heterocycles. The molecule has 1 N–H and O–H groups in total. The Morgan fingerprint density at radius 2 is 1.97 bits per heavy atom. The fraction of sp³-hybridized carbons (Fsp3) is 0.750. The first kappa shape index (κ1) is 28.7. The van der Waals surface area contributed by atoms with Crippen LogP contribution in [0.1, 0.15) is 76.4 Å². The van der Waals surface area contributed by atoms with Gasteiger partial charge >= 0.3 is 0 Å². The molecule has 198 valence electrons. The molecular formula is C28H44Cl2N2O3. The Bertz CT molecular complexity index is 773. The smallest absolute Gasteiger partial charge is 0.222 e. The van der Waals surface area contributed by atoms with Gasteiger partial charge in [-0.1, -0.05) is 61.0 Å². The summed E-state index contributed by atoms with van der Waals surface area (Å²) in [5, 5.41) is 4.41. The summed E-state index contributed by atoms with van der Waals surface area (Å²) >= 11 is 13.0. The Morgan fingerprint density at radius 1 is 1.17 bits per heavy atom. The van der Waals surface area contributed by atoms with E-state index in [1.807, 2.05) is 32.2 Å². The molecule has 0 unspecified atom stereocenters. The molecule has 7 heteroatoms. The number of hydrogen-bond donors (Lipinski definition) is 1. The van der Waals surface area contributed by atoms with E-state index in [0.717, 1.165) is 50.3 Å². The molecule has 1 saturated heterocycles. The predicted octanol–water partition coefficient (Wildman–Crippen LogP) is 6.52. The van der Waals surface area contributed by atoms with Crippen LogP contribution in [0.15, 0.2) is 18.2 Å². The van der Waals surface area contributed by atoms with Crippen molar-refractivity contribution in [1.82, 2.24) is 10.2 Å². The summed E-state index contributed by atoms with van der Waals surface area (Å²) in [6.07, 6.45) is 9.74. The topological polar surface area (TPSA) is 50.8 Å². The first-order valence-corrected chi connectivity index (χ1v) is 14.3. The average molecular weight is 528 g/mol. The van der Waals surface area contributed by atoms with Crippen LogP contribution in [-0.2, 0) is 14.3 Å². The lowest BCUT2D eigenvalue weighted by molar-refractivity contribution is -0.135. The summed E-state index contributed by atoms with van der Waals surface area (Å²) in [5.74, 6) is 1.66. The van der Waals surface area contributed by atoms with Gasteiger partial charge in [0.15, 0.2) is 0 Å². The number of nitrogens with one attached hydrogen (secondary N) is 1. The normalized spacial score (nSPS) is 20.8. The third kappa shape index (κ3) is 8.89. The van der Waals surface area contributed by atoms with Crippen LogP contribution in [0.3, 0.4) is 0 Å². The number of benzene rings is 1. The second-order valence-electron chi connectivity index (χ2n) is 10.2. The highest BCUT2D eigenvalue weighted by Gasteiger charge is 2.33. The number of piperidine rings is 1. The lowest BCUT2D eigenvalue weighted by Gasteiger charge is -2.38. The van der Waals surface area contributed by atoms with Crippen LogP contribution in [0, 0.1) is 17.8 Å². The molecule has 3 atom stereocenters. The Balaban J connectivity index is 1.65. The van der Waals surface area contributed by atoms with Crippen molar-refractivity contribution in [3.63, 3.8) is 0 Å². The molecule has 1 amide bonds. The van der Waals surface area contributed by atoms with E-state index in [2.05, 4.69) is 10.2 Å². The molecule has 1 aromatic rings. The second kappa shape index (κ2) is 15.4. The third-order valence-electron chi connectivity index (χ3n) is 7.56. The maximum absolute atomic E-state index is 13.4. The van der Waals surface area contributed by atoms with Gasteiger partial charge in [0.1, 0.15) is 0 Å². The molecule has 1 aliphatic heterocycles. The summed E-state index contributed by atoms with van der Waals surface area (Å²) in [6.45, 7) is 6.40. The molecule has 0 aromatic heterocycles. The van der Waals surface area contributed by atoms with Crippen molar-refractivity contribution in [3.8, 4) is 0 Å². The number of nitrogens with zero attached hydrogens (tertiary/aromatic N) is 1. The summed E-state index contributed by atoms with van der Waals surface area (Å²) in [6, 6.07) is 5.74. The zero-order chi connectivity index (χ0) is 25.0. The Morgan fingerprint density at radius 3 is 2.71 bits per heavy atom. The Hall–Kier alpha value is -0.850. The first-order chi connectivity index (χ1) is 17.0. The summed E-state index contributed by atoms with van der Waals surface area (Å²) in [4.78, 5) is 15.5. The fourth-order valence-electron chi connectivity index (χ4n) is 5.84. The quantitative estimate of drug-likeness (QED) is 0.280. The molecule has 5 nitrogen and oxygen atoms in total. The van der Waals surface area contributed by atoms with Crippen molar-refractivity contribution in [2.45, 2.75) is 70.8 Å². The van der Waals surface area contributed by atoms with Gasteiger partial charge in [-0.2, -0.15) is 0 Å². The van der Waals surface area contributed by atoms with E-state index < -0.39 is 0 Å². The monoisotopic (exact) mass is 526 g/mol. The maximum atomic E-state index is 13.4. The van der Waals surface area contributed by atoms with Crippen molar-refractivity contribution in [2.75, 3.05) is 46.5 Å². The number of hydrogen-bond acceptors (Lipinski definition) is 4. The van der Waals surface area contributed by atoms with Crippen LogP contribution in [0.5, 0.6) is 0 Å². The van der Waals surface area contributed by atoms with Gasteiger partial charge in [-0.15, -0.1) is 0 Å². The molecule has 3 rings (SSSR count). The van der Waals surface area contributed by atoms with Gasteiger partial charge in [-0.25, -0.2) is 0 Å². The number of carbonyl (C=O) groups is 1. The van der Waals surface area contributed by atoms with E-state index in [1.54, 1.807) is 0 Å². The zero-order valence-corrected chi connectivity index (χ0v) is 23.1. The van der Waals surface area contributed by atoms with E-state index in [-0.39, 0.29) is 17.9 Å². The second-order valence-corrected chi connectivity index (χ2v) is 11.0. The number of halogens is 2. The number of amides is 1. The molecule has 0 spiro atoms. The van der Waals surface area contributed by atoms with E-state index in [4.69, 9.17) is 32.7 Å². The lowest BCUT2D eigenvalue weighted by Crippen LogP contribution is -2.43. The van der Waals surface area contributed by atoms with Gasteiger partial charge in [0.05, 0.1) is 16.1 Å². The van der Waals surface area contributed by atoms with Gasteiger partial charge in [0, 0.05) is 50.8 Å². The van der Waals surface area contributed by atoms with Crippen LogP contribution in [0.25, 0.3) is 0 Å². The van der Waals surface area contributed by atoms with Gasteiger partial charge in [-0.3, -0.25) is 4.79 Å². The molecule has 2 fully saturated rings. The molecule has 1 aromatic carbocycles. The standard InChI is InChI=1S/C28H44Cl2N2O3/c1-3-34-15-8-16-35-28(24-12-6-13-25(29)27(24)30)23-11-7-14-32(20-23)26(33)18-22(19-31-2)17-21-9-4-5-10-21/h6,12-13,21-23,28,31H,3-5,7-11,14-20H2,1-2H3/t22-,23-,28-/m1/s1. The Kier molecular flexibility index (Phi) is 12.6. The van der Waals surface area contributed by atoms with Crippen LogP contribution in [-0.4, -0.2) is 57.3 Å². The zero-order valence-electron chi connectivity index (χ0n) is 21.6. The van der Waals surface area contributed by atoms with E-state index in [1.165, 1.54) is 25.7 Å². The summed E-state index contributed by atoms with van der Waals surface area (Å²) < 4.78 is 11.9. The number of carbonyl (C=O) groups excluding carboxylic acids is 1. The highest BCUT2D eigenvalue weighted by molar-refractivity contribution is 6.42. The van der Waals surface area contributed by atoms with Crippen LogP contribution >= 0.6 is 23.2 Å². The fourth-order valence-corrected chi connectivity index (χ4v) is 6.26. The minimum absolute atomic E-state index is 0.188.